The Labute approximate surface area is 122 Å². The van der Waals surface area contributed by atoms with Gasteiger partial charge in [0.25, 0.3) is 0 Å². The first kappa shape index (κ1) is 13.5. The van der Waals surface area contributed by atoms with Crippen LogP contribution < -0.4 is 5.32 Å². The van der Waals surface area contributed by atoms with E-state index < -0.39 is 5.92 Å². The number of urea groups is 1. The number of esters is 1. The van der Waals surface area contributed by atoms with E-state index in [9.17, 15) is 9.59 Å². The zero-order valence-corrected chi connectivity index (χ0v) is 12.0. The Kier molecular flexibility index (Phi) is 3.29. The van der Waals surface area contributed by atoms with Crippen molar-refractivity contribution in [1.82, 2.24) is 15.2 Å². The Hall–Kier alpha value is -2.50. The lowest BCUT2D eigenvalue weighted by molar-refractivity contribution is -0.143. The first-order valence-corrected chi connectivity index (χ1v) is 6.79. The van der Waals surface area contributed by atoms with Crippen LogP contribution in [0.2, 0.25) is 0 Å². The number of amides is 2. The number of para-hydroxylation sites is 1. The summed E-state index contributed by atoms with van der Waals surface area (Å²) in [4.78, 5) is 28.9. The van der Waals surface area contributed by atoms with Crippen molar-refractivity contribution in [2.45, 2.75) is 12.5 Å². The van der Waals surface area contributed by atoms with Gasteiger partial charge in [0.05, 0.1) is 13.7 Å². The van der Waals surface area contributed by atoms with Crippen molar-refractivity contribution in [3.8, 4) is 0 Å². The van der Waals surface area contributed by atoms with Crippen molar-refractivity contribution in [1.29, 1.82) is 0 Å². The van der Waals surface area contributed by atoms with Gasteiger partial charge in [0.2, 0.25) is 0 Å². The topological polar surface area (TPSA) is 74.4 Å². The van der Waals surface area contributed by atoms with Crippen LogP contribution in [0, 0.1) is 0 Å². The highest BCUT2D eigenvalue weighted by molar-refractivity contribution is 5.92. The molecule has 1 unspecified atom stereocenters. The maximum absolute atomic E-state index is 12.1. The van der Waals surface area contributed by atoms with E-state index >= 15 is 0 Å². The molecule has 1 aliphatic rings. The minimum atomic E-state index is -0.466. The van der Waals surface area contributed by atoms with Crippen LogP contribution >= 0.6 is 0 Å². The molecule has 0 bridgehead atoms. The molecule has 3 rings (SSSR count). The molecule has 2 aromatic rings. The summed E-state index contributed by atoms with van der Waals surface area (Å²) < 4.78 is 4.92. The minimum absolute atomic E-state index is 0.201. The summed E-state index contributed by atoms with van der Waals surface area (Å²) in [5.74, 6) is -0.790. The smallest absolute Gasteiger partial charge is 0.317 e. The highest BCUT2D eigenvalue weighted by atomic mass is 16.5. The van der Waals surface area contributed by atoms with Crippen molar-refractivity contribution in [2.75, 3.05) is 20.7 Å². The third kappa shape index (κ3) is 2.12. The van der Waals surface area contributed by atoms with E-state index in [1.165, 1.54) is 7.11 Å². The lowest BCUT2D eigenvalue weighted by atomic mass is 9.92. The van der Waals surface area contributed by atoms with Gasteiger partial charge in [-0.1, -0.05) is 18.2 Å². The maximum Gasteiger partial charge on any atom is 0.317 e. The number of benzene rings is 1. The van der Waals surface area contributed by atoms with Crippen molar-refractivity contribution in [2.24, 2.45) is 0 Å². The number of aromatic nitrogens is 1. The number of carbonyl (C=O) groups excluding carboxylic acids is 2. The summed E-state index contributed by atoms with van der Waals surface area (Å²) in [6, 6.07) is 7.62. The number of H-pyrrole nitrogens is 1. The van der Waals surface area contributed by atoms with Gasteiger partial charge in [-0.25, -0.2) is 4.79 Å². The third-order valence-corrected chi connectivity index (χ3v) is 3.92. The van der Waals surface area contributed by atoms with Gasteiger partial charge in [0, 0.05) is 30.2 Å². The molecule has 6 nitrogen and oxygen atoms in total. The summed E-state index contributed by atoms with van der Waals surface area (Å²) >= 11 is 0. The lowest BCUT2D eigenvalue weighted by Crippen LogP contribution is -2.44. The van der Waals surface area contributed by atoms with Crippen molar-refractivity contribution in [3.05, 3.63) is 35.5 Å². The summed E-state index contributed by atoms with van der Waals surface area (Å²) in [6.45, 7) is 0.776. The van der Waals surface area contributed by atoms with Crippen molar-refractivity contribution >= 4 is 22.9 Å². The summed E-state index contributed by atoms with van der Waals surface area (Å²) in [7, 11) is 2.95. The molecule has 110 valence electrons. The quantitative estimate of drug-likeness (QED) is 0.782. The molecule has 0 fully saturated rings. The van der Waals surface area contributed by atoms with E-state index in [4.69, 9.17) is 4.74 Å². The Bertz CT molecular complexity index is 707. The number of rotatable bonds is 1. The molecule has 1 aromatic heterocycles. The molecule has 1 aliphatic heterocycles. The Morgan fingerprint density at radius 1 is 1.38 bits per heavy atom. The van der Waals surface area contributed by atoms with Crippen molar-refractivity contribution in [3.63, 3.8) is 0 Å². The number of hydrogen-bond donors (Lipinski definition) is 2. The fourth-order valence-corrected chi connectivity index (χ4v) is 2.96. The van der Waals surface area contributed by atoms with E-state index in [1.807, 2.05) is 24.3 Å². The van der Waals surface area contributed by atoms with Crippen LogP contribution in [0.1, 0.15) is 17.2 Å². The summed E-state index contributed by atoms with van der Waals surface area (Å²) in [5.41, 5.74) is 2.80. The van der Waals surface area contributed by atoms with Gasteiger partial charge in [0.1, 0.15) is 5.92 Å². The minimum Gasteiger partial charge on any atom is -0.468 e. The largest absolute Gasteiger partial charge is 0.468 e. The molecular weight excluding hydrogens is 270 g/mol. The summed E-state index contributed by atoms with van der Waals surface area (Å²) in [5, 5.41) is 3.61. The second-order valence-corrected chi connectivity index (χ2v) is 5.07. The average Bonchev–Trinajstić information content (AvgIpc) is 2.90. The third-order valence-electron chi connectivity index (χ3n) is 3.92. The van der Waals surface area contributed by atoms with Crippen LogP contribution in [0.25, 0.3) is 10.9 Å². The zero-order valence-electron chi connectivity index (χ0n) is 12.0. The fraction of sp³-hybridized carbons (Fsp3) is 0.333. The molecule has 1 atom stereocenters. The number of hydrogen-bond acceptors (Lipinski definition) is 3. The number of nitrogens with one attached hydrogen (secondary N) is 2. The van der Waals surface area contributed by atoms with Crippen molar-refractivity contribution < 1.29 is 14.3 Å². The van der Waals surface area contributed by atoms with Crippen LogP contribution in [0.5, 0.6) is 0 Å². The predicted molar refractivity (Wildman–Crippen MR) is 77.9 cm³/mol. The van der Waals surface area contributed by atoms with Crippen LogP contribution in [-0.4, -0.2) is 42.6 Å². The number of carbonyl (C=O) groups is 2. The highest BCUT2D eigenvalue weighted by Gasteiger charge is 2.35. The molecule has 1 aromatic carbocycles. The maximum atomic E-state index is 12.1. The molecule has 2 heterocycles. The van der Waals surface area contributed by atoms with E-state index in [0.717, 1.165) is 22.2 Å². The molecule has 2 amide bonds. The monoisotopic (exact) mass is 287 g/mol. The van der Waals surface area contributed by atoms with Gasteiger partial charge >= 0.3 is 12.0 Å². The Balaban J connectivity index is 2.12. The molecule has 0 saturated carbocycles. The zero-order chi connectivity index (χ0) is 15.0. The molecule has 0 aliphatic carbocycles. The van der Waals surface area contributed by atoms with E-state index in [1.54, 1.807) is 11.9 Å². The van der Waals surface area contributed by atoms with Gasteiger partial charge in [-0.3, -0.25) is 4.79 Å². The number of nitrogens with zero attached hydrogens (tertiary/aromatic N) is 1. The number of ether oxygens (including phenoxy) is 1. The van der Waals surface area contributed by atoms with E-state index in [2.05, 4.69) is 10.3 Å². The van der Waals surface area contributed by atoms with Gasteiger partial charge in [-0.05, 0) is 11.6 Å². The second kappa shape index (κ2) is 5.12. The predicted octanol–water partition coefficient (Wildman–Crippen LogP) is 1.58. The first-order chi connectivity index (χ1) is 10.2. The highest BCUT2D eigenvalue weighted by Crippen LogP contribution is 2.35. The summed E-state index contributed by atoms with van der Waals surface area (Å²) in [6.07, 6.45) is 0. The average molecular weight is 287 g/mol. The second-order valence-electron chi connectivity index (χ2n) is 5.07. The van der Waals surface area contributed by atoms with E-state index in [-0.39, 0.29) is 12.0 Å². The molecule has 0 spiro atoms. The van der Waals surface area contributed by atoms with Gasteiger partial charge < -0.3 is 19.9 Å². The molecule has 0 radical (unpaired) electrons. The van der Waals surface area contributed by atoms with Crippen LogP contribution in [0.3, 0.4) is 0 Å². The molecular formula is C15H17N3O3. The Morgan fingerprint density at radius 2 is 2.14 bits per heavy atom. The molecule has 21 heavy (non-hydrogen) atoms. The molecule has 6 heteroatoms. The van der Waals surface area contributed by atoms with Gasteiger partial charge in [-0.15, -0.1) is 0 Å². The van der Waals surface area contributed by atoms with Crippen LogP contribution in [0.15, 0.2) is 24.3 Å². The van der Waals surface area contributed by atoms with Gasteiger partial charge in [0.15, 0.2) is 0 Å². The number of methoxy groups -OCH3 is 1. The molecule has 2 N–H and O–H groups in total. The normalized spacial score (nSPS) is 17.4. The Morgan fingerprint density at radius 3 is 2.86 bits per heavy atom. The van der Waals surface area contributed by atoms with Gasteiger partial charge in [-0.2, -0.15) is 0 Å². The SMILES string of the molecule is CNC(=O)N1Cc2[nH]c3ccccc3c2C(C(=O)OC)C1. The first-order valence-electron chi connectivity index (χ1n) is 6.79. The number of fused-ring (bicyclic) bond motifs is 3. The van der Waals surface area contributed by atoms with Crippen LogP contribution in [-0.2, 0) is 16.1 Å². The van der Waals surface area contributed by atoms with E-state index in [0.29, 0.717) is 13.1 Å². The lowest BCUT2D eigenvalue weighted by Gasteiger charge is -2.31. The van der Waals surface area contributed by atoms with Crippen LogP contribution in [0.4, 0.5) is 4.79 Å². The fourth-order valence-electron chi connectivity index (χ4n) is 2.96. The molecule has 0 saturated heterocycles. The number of aromatic amines is 1. The standard InChI is InChI=1S/C15H17N3O3/c1-16-15(20)18-7-10(14(19)21-2)13-9-5-3-4-6-11(9)17-12(13)8-18/h3-6,10,17H,7-8H2,1-2H3,(H,16,20).